The molecule has 0 spiro atoms. The molecule has 0 unspecified atom stereocenters. The van der Waals surface area contributed by atoms with Gasteiger partial charge in [-0.15, -0.1) is 0 Å². The summed E-state index contributed by atoms with van der Waals surface area (Å²) in [4.78, 5) is 23.3. The number of carboxylic acids is 1. The van der Waals surface area contributed by atoms with Crippen LogP contribution in [0.15, 0.2) is 30.3 Å². The van der Waals surface area contributed by atoms with Gasteiger partial charge in [0, 0.05) is 5.56 Å². The number of amides is 1. The van der Waals surface area contributed by atoms with Crippen molar-refractivity contribution in [3.8, 4) is 6.07 Å². The zero-order valence-electron chi connectivity index (χ0n) is 8.46. The van der Waals surface area contributed by atoms with Gasteiger partial charge in [-0.2, -0.15) is 5.26 Å². The molecule has 0 aliphatic rings. The summed E-state index contributed by atoms with van der Waals surface area (Å²) in [6.07, 6.45) is 0. The first-order valence-corrected chi connectivity index (χ1v) is 4.58. The summed E-state index contributed by atoms with van der Waals surface area (Å²) in [5.41, 5.74) is 0.374. The highest BCUT2D eigenvalue weighted by Crippen LogP contribution is 2.04. The zero-order chi connectivity index (χ0) is 12.0. The smallest absolute Gasteiger partial charge is 0.323 e. The van der Waals surface area contributed by atoms with Crippen LogP contribution in [0.2, 0.25) is 0 Å². The van der Waals surface area contributed by atoms with Crippen molar-refractivity contribution < 1.29 is 14.7 Å². The van der Waals surface area contributed by atoms with Gasteiger partial charge in [-0.25, -0.2) is 0 Å². The zero-order valence-corrected chi connectivity index (χ0v) is 8.46. The Balaban J connectivity index is 2.84. The maximum Gasteiger partial charge on any atom is 0.323 e. The molecule has 0 saturated heterocycles. The third-order valence-corrected chi connectivity index (χ3v) is 1.90. The molecule has 1 N–H and O–H groups in total. The molecule has 0 aromatic heterocycles. The maximum atomic E-state index is 11.8. The van der Waals surface area contributed by atoms with E-state index in [0.717, 1.165) is 4.90 Å². The average molecular weight is 218 g/mol. The number of carboxylic acid groups (broad SMARTS) is 1. The summed E-state index contributed by atoms with van der Waals surface area (Å²) in [5, 5.41) is 17.1. The molecule has 5 heteroatoms. The molecule has 0 fully saturated rings. The number of hydrogen-bond acceptors (Lipinski definition) is 3. The minimum absolute atomic E-state index is 0.236. The highest BCUT2D eigenvalue weighted by atomic mass is 16.4. The van der Waals surface area contributed by atoms with Crippen LogP contribution in [0.1, 0.15) is 10.4 Å². The molecule has 82 valence electrons. The van der Waals surface area contributed by atoms with Crippen LogP contribution in [0.4, 0.5) is 0 Å². The summed E-state index contributed by atoms with van der Waals surface area (Å²) >= 11 is 0. The van der Waals surface area contributed by atoms with E-state index in [1.807, 2.05) is 0 Å². The molecule has 16 heavy (non-hydrogen) atoms. The molecule has 0 aliphatic heterocycles. The van der Waals surface area contributed by atoms with Crippen molar-refractivity contribution in [3.05, 3.63) is 35.9 Å². The quantitative estimate of drug-likeness (QED) is 0.755. The Hall–Kier alpha value is -2.35. The Bertz CT molecular complexity index is 423. The Morgan fingerprint density at radius 2 is 1.94 bits per heavy atom. The predicted octanol–water partition coefficient (Wildman–Crippen LogP) is 0.737. The van der Waals surface area contributed by atoms with E-state index < -0.39 is 18.4 Å². The minimum Gasteiger partial charge on any atom is -0.480 e. The molecule has 0 atom stereocenters. The summed E-state index contributed by atoms with van der Waals surface area (Å²) in [5.74, 6) is -1.59. The van der Waals surface area contributed by atoms with Crippen molar-refractivity contribution in [2.75, 3.05) is 13.1 Å². The Morgan fingerprint density at radius 1 is 1.31 bits per heavy atom. The fourth-order valence-electron chi connectivity index (χ4n) is 1.21. The van der Waals surface area contributed by atoms with Crippen molar-refractivity contribution >= 4 is 11.9 Å². The van der Waals surface area contributed by atoms with Gasteiger partial charge in [-0.1, -0.05) is 18.2 Å². The molecule has 0 bridgehead atoms. The van der Waals surface area contributed by atoms with E-state index >= 15 is 0 Å². The number of carbonyl (C=O) groups excluding carboxylic acids is 1. The van der Waals surface area contributed by atoms with Gasteiger partial charge in [0.2, 0.25) is 0 Å². The van der Waals surface area contributed by atoms with Gasteiger partial charge in [0.15, 0.2) is 0 Å². The topological polar surface area (TPSA) is 81.4 Å². The van der Waals surface area contributed by atoms with Gasteiger partial charge in [-0.3, -0.25) is 9.59 Å². The first-order chi connectivity index (χ1) is 7.65. The highest BCUT2D eigenvalue weighted by Gasteiger charge is 2.17. The second-order valence-electron chi connectivity index (χ2n) is 3.08. The molecule has 1 aromatic rings. The Kier molecular flexibility index (Phi) is 4.04. The van der Waals surface area contributed by atoms with Gasteiger partial charge in [0.1, 0.15) is 13.1 Å². The molecule has 1 rings (SSSR count). The Morgan fingerprint density at radius 3 is 2.44 bits per heavy atom. The van der Waals surface area contributed by atoms with Crippen LogP contribution in [-0.2, 0) is 4.79 Å². The highest BCUT2D eigenvalue weighted by molar-refractivity contribution is 5.95. The molecule has 0 heterocycles. The number of benzene rings is 1. The van der Waals surface area contributed by atoms with Gasteiger partial charge < -0.3 is 10.0 Å². The van der Waals surface area contributed by atoms with Crippen LogP contribution >= 0.6 is 0 Å². The van der Waals surface area contributed by atoms with E-state index in [1.54, 1.807) is 36.4 Å². The summed E-state index contributed by atoms with van der Waals surface area (Å²) < 4.78 is 0. The third-order valence-electron chi connectivity index (χ3n) is 1.90. The van der Waals surface area contributed by atoms with Crippen LogP contribution in [0, 0.1) is 11.3 Å². The summed E-state index contributed by atoms with van der Waals surface area (Å²) in [6, 6.07) is 10.0. The molecule has 5 nitrogen and oxygen atoms in total. The maximum absolute atomic E-state index is 11.8. The fraction of sp³-hybridized carbons (Fsp3) is 0.182. The van der Waals surface area contributed by atoms with Crippen LogP contribution in [0.3, 0.4) is 0 Å². The summed E-state index contributed by atoms with van der Waals surface area (Å²) in [7, 11) is 0. The number of nitriles is 1. The van der Waals surface area contributed by atoms with Gasteiger partial charge in [0.25, 0.3) is 5.91 Å². The molecule has 1 amide bonds. The largest absolute Gasteiger partial charge is 0.480 e. The molecular formula is C11H10N2O3. The Labute approximate surface area is 92.5 Å². The lowest BCUT2D eigenvalue weighted by Crippen LogP contribution is -2.35. The van der Waals surface area contributed by atoms with Crippen molar-refractivity contribution in [1.29, 1.82) is 5.26 Å². The van der Waals surface area contributed by atoms with Crippen LogP contribution < -0.4 is 0 Å². The second-order valence-corrected chi connectivity index (χ2v) is 3.08. The number of nitrogens with zero attached hydrogens (tertiary/aromatic N) is 2. The molecule has 0 radical (unpaired) electrons. The SMILES string of the molecule is N#CCN(CC(=O)O)C(=O)c1ccccc1. The van der Waals surface area contributed by atoms with Crippen molar-refractivity contribution in [3.63, 3.8) is 0 Å². The fourth-order valence-corrected chi connectivity index (χ4v) is 1.21. The van der Waals surface area contributed by atoms with Crippen LogP contribution in [-0.4, -0.2) is 35.0 Å². The van der Waals surface area contributed by atoms with Gasteiger partial charge >= 0.3 is 5.97 Å². The molecular weight excluding hydrogens is 208 g/mol. The lowest BCUT2D eigenvalue weighted by atomic mass is 10.2. The predicted molar refractivity (Wildman–Crippen MR) is 55.6 cm³/mol. The molecule has 0 aliphatic carbocycles. The average Bonchev–Trinajstić information content (AvgIpc) is 2.28. The minimum atomic E-state index is -1.14. The van der Waals surface area contributed by atoms with Crippen LogP contribution in [0.5, 0.6) is 0 Å². The summed E-state index contributed by atoms with van der Waals surface area (Å²) in [6.45, 7) is -0.707. The van der Waals surface area contributed by atoms with Crippen LogP contribution in [0.25, 0.3) is 0 Å². The van der Waals surface area contributed by atoms with E-state index in [9.17, 15) is 9.59 Å². The number of rotatable bonds is 4. The van der Waals surface area contributed by atoms with E-state index in [2.05, 4.69) is 0 Å². The molecule has 0 saturated carbocycles. The van der Waals surface area contributed by atoms with E-state index in [1.165, 1.54) is 0 Å². The van der Waals surface area contributed by atoms with Crippen molar-refractivity contribution in [2.24, 2.45) is 0 Å². The normalized spacial score (nSPS) is 9.19. The number of carbonyl (C=O) groups is 2. The van der Waals surface area contributed by atoms with Gasteiger partial charge in [-0.05, 0) is 12.1 Å². The van der Waals surface area contributed by atoms with E-state index in [-0.39, 0.29) is 6.54 Å². The molecule has 1 aromatic carbocycles. The third kappa shape index (κ3) is 3.10. The lowest BCUT2D eigenvalue weighted by molar-refractivity contribution is -0.137. The monoisotopic (exact) mass is 218 g/mol. The van der Waals surface area contributed by atoms with E-state index in [0.29, 0.717) is 5.56 Å². The number of hydrogen-bond donors (Lipinski definition) is 1. The van der Waals surface area contributed by atoms with Crippen molar-refractivity contribution in [1.82, 2.24) is 4.90 Å². The van der Waals surface area contributed by atoms with Crippen molar-refractivity contribution in [2.45, 2.75) is 0 Å². The number of aliphatic carboxylic acids is 1. The standard InChI is InChI=1S/C11H10N2O3/c12-6-7-13(8-10(14)15)11(16)9-4-2-1-3-5-9/h1-5H,7-8H2,(H,14,15). The first kappa shape index (κ1) is 11.7. The lowest BCUT2D eigenvalue weighted by Gasteiger charge is -2.16. The first-order valence-electron chi connectivity index (χ1n) is 4.58. The van der Waals surface area contributed by atoms with Gasteiger partial charge in [0.05, 0.1) is 6.07 Å². The second kappa shape index (κ2) is 5.51. The van der Waals surface area contributed by atoms with E-state index in [4.69, 9.17) is 10.4 Å².